The fourth-order valence-electron chi connectivity index (χ4n) is 1.23. The number of H-pyrrole nitrogens is 1. The molecule has 62 valence electrons. The van der Waals surface area contributed by atoms with Gasteiger partial charge in [-0.25, -0.2) is 0 Å². The van der Waals surface area contributed by atoms with Crippen LogP contribution in [0.2, 0.25) is 0 Å². The van der Waals surface area contributed by atoms with Crippen LogP contribution >= 0.6 is 0 Å². The fraction of sp³-hybridized carbons (Fsp3) is 0.333. The number of hydrogen-bond acceptors (Lipinski definition) is 1. The number of aromatic amines is 1. The van der Waals surface area contributed by atoms with Crippen molar-refractivity contribution in [2.45, 2.75) is 19.8 Å². The molecule has 0 aromatic carbocycles. The molecule has 0 saturated heterocycles. The third kappa shape index (κ3) is 1.07. The third-order valence-corrected chi connectivity index (χ3v) is 2.02. The molecule has 2 aromatic rings. The first-order chi connectivity index (χ1) is 5.77. The Labute approximate surface area is 71.1 Å². The molecule has 0 amide bonds. The molecule has 2 aromatic heterocycles. The Hall–Kier alpha value is -1.38. The number of aromatic nitrogens is 3. The Balaban J connectivity index is 2.60. The lowest BCUT2D eigenvalue weighted by Gasteiger charge is -2.00. The van der Waals surface area contributed by atoms with E-state index in [1.807, 2.05) is 10.7 Å². The first kappa shape index (κ1) is 7.28. The Morgan fingerprint density at radius 3 is 3.08 bits per heavy atom. The molecule has 0 fully saturated rings. The first-order valence-corrected chi connectivity index (χ1v) is 4.12. The summed E-state index contributed by atoms with van der Waals surface area (Å²) in [7, 11) is 0. The van der Waals surface area contributed by atoms with E-state index in [9.17, 15) is 0 Å². The molecule has 2 rings (SSSR count). The molecule has 0 saturated carbocycles. The van der Waals surface area contributed by atoms with E-state index in [0.717, 1.165) is 5.65 Å². The van der Waals surface area contributed by atoms with Crippen LogP contribution in [0.4, 0.5) is 0 Å². The summed E-state index contributed by atoms with van der Waals surface area (Å²) in [6.07, 6.45) is 3.69. The molecule has 3 heteroatoms. The fourth-order valence-corrected chi connectivity index (χ4v) is 1.23. The minimum absolute atomic E-state index is 0.562. The van der Waals surface area contributed by atoms with Crippen molar-refractivity contribution in [3.05, 3.63) is 30.2 Å². The van der Waals surface area contributed by atoms with Gasteiger partial charge in [0.1, 0.15) is 6.20 Å². The van der Waals surface area contributed by atoms with Crippen molar-refractivity contribution in [1.29, 1.82) is 0 Å². The van der Waals surface area contributed by atoms with Gasteiger partial charge >= 0.3 is 5.65 Å². The minimum atomic E-state index is 0.562. The highest BCUT2D eigenvalue weighted by atomic mass is 15.3. The highest BCUT2D eigenvalue weighted by Gasteiger charge is 2.06. The lowest BCUT2D eigenvalue weighted by atomic mass is 10.1. The van der Waals surface area contributed by atoms with Crippen LogP contribution in [-0.4, -0.2) is 10.1 Å². The standard InChI is InChI=1S/C9H11N3/c1-7(2)8-3-4-12-9(5-8)10-6-11-12/h3-7H,1-2H3/p+1. The topological polar surface area (TPSA) is 32.8 Å². The minimum Gasteiger partial charge on any atom is -0.189 e. The van der Waals surface area contributed by atoms with Crippen LogP contribution in [0.1, 0.15) is 25.3 Å². The van der Waals surface area contributed by atoms with Gasteiger partial charge in [-0.1, -0.05) is 13.8 Å². The molecule has 0 atom stereocenters. The number of nitrogens with one attached hydrogen (secondary N) is 1. The normalized spacial score (nSPS) is 11.2. The molecule has 2 heterocycles. The van der Waals surface area contributed by atoms with E-state index in [2.05, 4.69) is 36.1 Å². The van der Waals surface area contributed by atoms with Crippen molar-refractivity contribution in [3.8, 4) is 0 Å². The van der Waals surface area contributed by atoms with E-state index in [4.69, 9.17) is 0 Å². The number of fused-ring (bicyclic) bond motifs is 1. The van der Waals surface area contributed by atoms with E-state index in [0.29, 0.717) is 5.92 Å². The summed E-state index contributed by atoms with van der Waals surface area (Å²) in [6.45, 7) is 4.36. The van der Waals surface area contributed by atoms with E-state index in [1.165, 1.54) is 5.56 Å². The van der Waals surface area contributed by atoms with Crippen LogP contribution in [0, 0.1) is 0 Å². The van der Waals surface area contributed by atoms with Gasteiger partial charge in [-0.15, -0.1) is 4.52 Å². The summed E-state index contributed by atoms with van der Waals surface area (Å²) < 4.78 is 1.89. The molecule has 0 unspecified atom stereocenters. The second kappa shape index (κ2) is 2.59. The van der Waals surface area contributed by atoms with E-state index < -0.39 is 0 Å². The zero-order valence-electron chi connectivity index (χ0n) is 7.28. The zero-order chi connectivity index (χ0) is 8.55. The smallest absolute Gasteiger partial charge is 0.189 e. The Bertz CT molecular complexity index is 389. The summed E-state index contributed by atoms with van der Waals surface area (Å²) in [4.78, 5) is 4.17. The average molecular weight is 162 g/mol. The van der Waals surface area contributed by atoms with Gasteiger partial charge in [-0.05, 0) is 22.5 Å². The van der Waals surface area contributed by atoms with Gasteiger partial charge in [-0.3, -0.25) is 0 Å². The summed E-state index contributed by atoms with van der Waals surface area (Å²) in [5.41, 5.74) is 2.29. The summed E-state index contributed by atoms with van der Waals surface area (Å²) in [6, 6.07) is 4.21. The number of rotatable bonds is 1. The first-order valence-electron chi connectivity index (χ1n) is 4.12. The van der Waals surface area contributed by atoms with Crippen molar-refractivity contribution in [2.75, 3.05) is 0 Å². The quantitative estimate of drug-likeness (QED) is 0.629. The maximum Gasteiger partial charge on any atom is 0.348 e. The van der Waals surface area contributed by atoms with Crippen LogP contribution < -0.4 is 4.52 Å². The Morgan fingerprint density at radius 2 is 2.33 bits per heavy atom. The van der Waals surface area contributed by atoms with Crippen molar-refractivity contribution in [3.63, 3.8) is 0 Å². The zero-order valence-corrected chi connectivity index (χ0v) is 7.28. The predicted molar refractivity (Wildman–Crippen MR) is 45.8 cm³/mol. The van der Waals surface area contributed by atoms with Crippen LogP contribution in [0.25, 0.3) is 5.65 Å². The Morgan fingerprint density at radius 1 is 1.50 bits per heavy atom. The average Bonchev–Trinajstić information content (AvgIpc) is 2.49. The molecule has 0 spiro atoms. The van der Waals surface area contributed by atoms with Gasteiger partial charge < -0.3 is 0 Å². The predicted octanol–water partition coefficient (Wildman–Crippen LogP) is 1.27. The van der Waals surface area contributed by atoms with Crippen molar-refractivity contribution >= 4 is 5.65 Å². The molecule has 0 bridgehead atoms. The van der Waals surface area contributed by atoms with Gasteiger partial charge in [0, 0.05) is 6.07 Å². The molecular formula is C9H12N3+. The molecule has 0 aliphatic heterocycles. The van der Waals surface area contributed by atoms with Gasteiger partial charge in [0.15, 0.2) is 0 Å². The van der Waals surface area contributed by atoms with Gasteiger partial charge in [0.25, 0.3) is 0 Å². The Kier molecular flexibility index (Phi) is 1.57. The van der Waals surface area contributed by atoms with Crippen LogP contribution in [0.5, 0.6) is 0 Å². The molecule has 0 radical (unpaired) electrons. The molecular weight excluding hydrogens is 150 g/mol. The van der Waals surface area contributed by atoms with E-state index in [-0.39, 0.29) is 0 Å². The van der Waals surface area contributed by atoms with Crippen LogP contribution in [0.3, 0.4) is 0 Å². The van der Waals surface area contributed by atoms with E-state index >= 15 is 0 Å². The van der Waals surface area contributed by atoms with Gasteiger partial charge in [-0.2, -0.15) is 5.10 Å². The molecule has 1 N–H and O–H groups in total. The van der Waals surface area contributed by atoms with Crippen molar-refractivity contribution < 1.29 is 4.52 Å². The maximum absolute atomic E-state index is 4.17. The van der Waals surface area contributed by atoms with Crippen LogP contribution in [0.15, 0.2) is 24.7 Å². The van der Waals surface area contributed by atoms with Gasteiger partial charge in [0.2, 0.25) is 6.33 Å². The third-order valence-electron chi connectivity index (χ3n) is 2.02. The van der Waals surface area contributed by atoms with Crippen LogP contribution in [-0.2, 0) is 0 Å². The van der Waals surface area contributed by atoms with Gasteiger partial charge in [0.05, 0.1) is 0 Å². The second-order valence-electron chi connectivity index (χ2n) is 3.23. The molecule has 0 aliphatic rings. The lowest BCUT2D eigenvalue weighted by molar-refractivity contribution is -0.577. The largest absolute Gasteiger partial charge is 0.348 e. The lowest BCUT2D eigenvalue weighted by Crippen LogP contribution is -2.22. The highest BCUT2D eigenvalue weighted by Crippen LogP contribution is 2.12. The van der Waals surface area contributed by atoms with E-state index in [1.54, 1.807) is 6.33 Å². The van der Waals surface area contributed by atoms with Crippen molar-refractivity contribution in [1.82, 2.24) is 10.1 Å². The number of pyridine rings is 1. The summed E-state index contributed by atoms with van der Waals surface area (Å²) >= 11 is 0. The number of nitrogens with zero attached hydrogens (tertiary/aromatic N) is 2. The van der Waals surface area contributed by atoms with Crippen molar-refractivity contribution in [2.24, 2.45) is 0 Å². The molecule has 3 nitrogen and oxygen atoms in total. The monoisotopic (exact) mass is 162 g/mol. The SMILES string of the molecule is CC(C)c1cc[n+]2[nH]cnc2c1. The number of hydrogen-bond donors (Lipinski definition) is 1. The maximum atomic E-state index is 4.17. The highest BCUT2D eigenvalue weighted by molar-refractivity contribution is 5.33. The second-order valence-corrected chi connectivity index (χ2v) is 3.23. The summed E-state index contributed by atoms with van der Waals surface area (Å²) in [5.74, 6) is 0.562. The molecule has 12 heavy (non-hydrogen) atoms. The molecule has 0 aliphatic carbocycles. The summed E-state index contributed by atoms with van der Waals surface area (Å²) in [5, 5.41) is 2.99.